The van der Waals surface area contributed by atoms with Crippen LogP contribution in [0.1, 0.15) is 5.56 Å². The standard InChI is InChI=1S/C16H12F3N3/c1-20-15-3-2-10(8-13(15)16(17,18)19)11-4-7-22-14-5-6-21-9-12(11)14/h2-9,20H,1H3. The van der Waals surface area contributed by atoms with E-state index < -0.39 is 11.7 Å². The molecule has 2 aromatic heterocycles. The molecular weight excluding hydrogens is 291 g/mol. The van der Waals surface area contributed by atoms with Gasteiger partial charge in [0.25, 0.3) is 0 Å². The van der Waals surface area contributed by atoms with Gasteiger partial charge in [-0.1, -0.05) is 6.07 Å². The molecule has 0 aliphatic rings. The first kappa shape index (κ1) is 14.3. The van der Waals surface area contributed by atoms with Gasteiger partial charge in [-0.25, -0.2) is 0 Å². The van der Waals surface area contributed by atoms with E-state index in [0.29, 0.717) is 16.6 Å². The molecule has 1 aromatic carbocycles. The topological polar surface area (TPSA) is 37.8 Å². The Balaban J connectivity index is 2.24. The van der Waals surface area contributed by atoms with E-state index in [2.05, 4.69) is 15.3 Å². The summed E-state index contributed by atoms with van der Waals surface area (Å²) in [6.07, 6.45) is 0.369. The van der Waals surface area contributed by atoms with Crippen molar-refractivity contribution in [3.05, 3.63) is 54.5 Å². The minimum Gasteiger partial charge on any atom is -0.388 e. The van der Waals surface area contributed by atoms with Crippen LogP contribution in [-0.4, -0.2) is 17.0 Å². The Morgan fingerprint density at radius 1 is 1.05 bits per heavy atom. The van der Waals surface area contributed by atoms with E-state index in [1.807, 2.05) is 0 Å². The number of alkyl halides is 3. The van der Waals surface area contributed by atoms with E-state index >= 15 is 0 Å². The first-order chi connectivity index (χ1) is 10.5. The van der Waals surface area contributed by atoms with Gasteiger partial charge in [0.15, 0.2) is 0 Å². The zero-order valence-electron chi connectivity index (χ0n) is 11.6. The first-order valence-corrected chi connectivity index (χ1v) is 6.59. The monoisotopic (exact) mass is 303 g/mol. The third-order valence-electron chi connectivity index (χ3n) is 3.45. The maximum absolute atomic E-state index is 13.2. The summed E-state index contributed by atoms with van der Waals surface area (Å²) < 4.78 is 39.5. The molecule has 0 radical (unpaired) electrons. The number of nitrogens with zero attached hydrogens (tertiary/aromatic N) is 2. The number of aromatic nitrogens is 2. The largest absolute Gasteiger partial charge is 0.418 e. The van der Waals surface area contributed by atoms with Crippen molar-refractivity contribution < 1.29 is 13.2 Å². The summed E-state index contributed by atoms with van der Waals surface area (Å²) in [5, 5.41) is 3.29. The molecule has 1 N–H and O–H groups in total. The lowest BCUT2D eigenvalue weighted by Crippen LogP contribution is -2.09. The second-order valence-corrected chi connectivity index (χ2v) is 4.76. The number of hydrogen-bond acceptors (Lipinski definition) is 3. The number of anilines is 1. The lowest BCUT2D eigenvalue weighted by molar-refractivity contribution is -0.136. The van der Waals surface area contributed by atoms with Crippen LogP contribution in [-0.2, 0) is 6.18 Å². The van der Waals surface area contributed by atoms with Crippen molar-refractivity contribution in [1.82, 2.24) is 9.97 Å². The second kappa shape index (κ2) is 5.29. The Labute approximate surface area is 124 Å². The number of nitrogens with one attached hydrogen (secondary N) is 1. The molecule has 22 heavy (non-hydrogen) atoms. The van der Waals surface area contributed by atoms with E-state index in [4.69, 9.17) is 0 Å². The predicted molar refractivity (Wildman–Crippen MR) is 79.5 cm³/mol. The Morgan fingerprint density at radius 2 is 1.86 bits per heavy atom. The fourth-order valence-corrected chi connectivity index (χ4v) is 2.41. The fraction of sp³-hybridized carbons (Fsp3) is 0.125. The summed E-state index contributed by atoms with van der Waals surface area (Å²) >= 11 is 0. The molecule has 0 bridgehead atoms. The van der Waals surface area contributed by atoms with Crippen LogP contribution in [0.25, 0.3) is 22.0 Å². The van der Waals surface area contributed by atoms with Gasteiger partial charge in [0.1, 0.15) is 0 Å². The summed E-state index contributed by atoms with van der Waals surface area (Å²) in [5.74, 6) is 0. The molecule has 0 aliphatic heterocycles. The van der Waals surface area contributed by atoms with E-state index in [1.54, 1.807) is 36.8 Å². The summed E-state index contributed by atoms with van der Waals surface area (Å²) in [6, 6.07) is 7.65. The molecule has 0 amide bonds. The average Bonchev–Trinajstić information content (AvgIpc) is 2.53. The molecule has 3 nitrogen and oxygen atoms in total. The van der Waals surface area contributed by atoms with E-state index in [9.17, 15) is 13.2 Å². The third-order valence-corrected chi connectivity index (χ3v) is 3.45. The van der Waals surface area contributed by atoms with E-state index in [-0.39, 0.29) is 5.69 Å². The number of benzene rings is 1. The second-order valence-electron chi connectivity index (χ2n) is 4.76. The number of halogens is 3. The molecule has 0 saturated carbocycles. The van der Waals surface area contributed by atoms with Crippen molar-refractivity contribution in [2.24, 2.45) is 0 Å². The van der Waals surface area contributed by atoms with Gasteiger partial charge in [-0.2, -0.15) is 13.2 Å². The highest BCUT2D eigenvalue weighted by molar-refractivity contribution is 5.94. The van der Waals surface area contributed by atoms with Gasteiger partial charge in [0.2, 0.25) is 0 Å². The van der Waals surface area contributed by atoms with Crippen LogP contribution >= 0.6 is 0 Å². The van der Waals surface area contributed by atoms with Crippen molar-refractivity contribution in [1.29, 1.82) is 0 Å². The summed E-state index contributed by atoms with van der Waals surface area (Å²) in [6.45, 7) is 0. The van der Waals surface area contributed by atoms with Crippen LogP contribution in [0.15, 0.2) is 48.9 Å². The third kappa shape index (κ3) is 2.47. The number of fused-ring (bicyclic) bond motifs is 1. The Kier molecular flexibility index (Phi) is 3.44. The summed E-state index contributed by atoms with van der Waals surface area (Å²) in [5.41, 5.74) is 1.20. The van der Waals surface area contributed by atoms with Crippen LogP contribution in [0.2, 0.25) is 0 Å². The van der Waals surface area contributed by atoms with Gasteiger partial charge < -0.3 is 5.32 Å². The number of pyridine rings is 2. The van der Waals surface area contributed by atoms with Gasteiger partial charge in [0, 0.05) is 36.7 Å². The Morgan fingerprint density at radius 3 is 2.59 bits per heavy atom. The van der Waals surface area contributed by atoms with Crippen LogP contribution in [0.4, 0.5) is 18.9 Å². The maximum atomic E-state index is 13.2. The smallest absolute Gasteiger partial charge is 0.388 e. The minimum atomic E-state index is -4.42. The molecule has 3 aromatic rings. The highest BCUT2D eigenvalue weighted by Crippen LogP contribution is 2.38. The van der Waals surface area contributed by atoms with Gasteiger partial charge in [-0.15, -0.1) is 0 Å². The van der Waals surface area contributed by atoms with Gasteiger partial charge in [0.05, 0.1) is 11.1 Å². The normalized spacial score (nSPS) is 11.6. The van der Waals surface area contributed by atoms with Gasteiger partial charge in [-0.3, -0.25) is 9.97 Å². The Bertz CT molecular complexity index is 823. The molecule has 0 aliphatic carbocycles. The Hall–Kier alpha value is -2.63. The summed E-state index contributed by atoms with van der Waals surface area (Å²) in [4.78, 5) is 8.23. The molecule has 2 heterocycles. The van der Waals surface area contributed by atoms with Crippen molar-refractivity contribution in [2.75, 3.05) is 12.4 Å². The highest BCUT2D eigenvalue weighted by Gasteiger charge is 2.33. The van der Waals surface area contributed by atoms with Crippen LogP contribution in [0, 0.1) is 0 Å². The number of hydrogen-bond donors (Lipinski definition) is 1. The predicted octanol–water partition coefficient (Wildman–Crippen LogP) is 4.36. The molecule has 112 valence electrons. The average molecular weight is 303 g/mol. The molecule has 0 spiro atoms. The molecule has 0 unspecified atom stereocenters. The lowest BCUT2D eigenvalue weighted by Gasteiger charge is -2.15. The molecule has 6 heteroatoms. The molecule has 0 fully saturated rings. The SMILES string of the molecule is CNc1ccc(-c2ccnc3ccncc23)cc1C(F)(F)F. The molecule has 3 rings (SSSR count). The van der Waals surface area contributed by atoms with Gasteiger partial charge >= 0.3 is 6.18 Å². The highest BCUT2D eigenvalue weighted by atomic mass is 19.4. The summed E-state index contributed by atoms with van der Waals surface area (Å²) in [7, 11) is 1.47. The number of rotatable bonds is 2. The maximum Gasteiger partial charge on any atom is 0.418 e. The minimum absolute atomic E-state index is 0.0488. The molecule has 0 saturated heterocycles. The van der Waals surface area contributed by atoms with Gasteiger partial charge in [-0.05, 0) is 35.4 Å². The first-order valence-electron chi connectivity index (χ1n) is 6.59. The lowest BCUT2D eigenvalue weighted by atomic mass is 9.99. The van der Waals surface area contributed by atoms with Crippen molar-refractivity contribution in [3.63, 3.8) is 0 Å². The quantitative estimate of drug-likeness (QED) is 0.764. The molecule has 0 atom stereocenters. The molecular formula is C16H12F3N3. The van der Waals surface area contributed by atoms with E-state index in [1.165, 1.54) is 13.1 Å². The zero-order chi connectivity index (χ0) is 15.7. The van der Waals surface area contributed by atoms with Crippen molar-refractivity contribution >= 4 is 16.6 Å². The zero-order valence-corrected chi connectivity index (χ0v) is 11.6. The van der Waals surface area contributed by atoms with E-state index in [0.717, 1.165) is 11.5 Å². The van der Waals surface area contributed by atoms with Crippen molar-refractivity contribution in [3.8, 4) is 11.1 Å². The van der Waals surface area contributed by atoms with Crippen LogP contribution in [0.5, 0.6) is 0 Å². The van der Waals surface area contributed by atoms with Crippen LogP contribution in [0.3, 0.4) is 0 Å². The fourth-order valence-electron chi connectivity index (χ4n) is 2.41. The van der Waals surface area contributed by atoms with Crippen LogP contribution < -0.4 is 5.32 Å². The van der Waals surface area contributed by atoms with Crippen molar-refractivity contribution in [2.45, 2.75) is 6.18 Å².